The van der Waals surface area contributed by atoms with Crippen LogP contribution in [0.1, 0.15) is 19.3 Å². The second-order valence-electron chi connectivity index (χ2n) is 7.04. The predicted octanol–water partition coefficient (Wildman–Crippen LogP) is 1.93. The van der Waals surface area contributed by atoms with Crippen LogP contribution in [0.15, 0.2) is 24.8 Å². The van der Waals surface area contributed by atoms with Crippen molar-refractivity contribution in [3.8, 4) is 6.07 Å². The average Bonchev–Trinajstić information content (AvgIpc) is 3.26. The summed E-state index contributed by atoms with van der Waals surface area (Å²) in [7, 11) is 1.87. The summed E-state index contributed by atoms with van der Waals surface area (Å²) >= 11 is 0. The smallest absolute Gasteiger partial charge is 0.229 e. The molecular weight excluding hydrogens is 342 g/mol. The van der Waals surface area contributed by atoms with Gasteiger partial charge >= 0.3 is 0 Å². The van der Waals surface area contributed by atoms with Gasteiger partial charge in [-0.3, -0.25) is 4.68 Å². The van der Waals surface area contributed by atoms with Crippen LogP contribution in [0.3, 0.4) is 0 Å². The van der Waals surface area contributed by atoms with Gasteiger partial charge in [-0.25, -0.2) is 9.67 Å². The number of rotatable bonds is 6. The summed E-state index contributed by atoms with van der Waals surface area (Å²) in [6.45, 7) is 3.78. The van der Waals surface area contributed by atoms with Gasteiger partial charge in [0.25, 0.3) is 0 Å². The fourth-order valence-corrected chi connectivity index (χ4v) is 3.63. The molecule has 27 heavy (non-hydrogen) atoms. The molecule has 4 rings (SSSR count). The molecule has 1 N–H and O–H groups in total. The molecule has 0 saturated carbocycles. The largest absolute Gasteiger partial charge is 0.321 e. The highest BCUT2D eigenvalue weighted by atomic mass is 15.3. The molecule has 3 aromatic heterocycles. The van der Waals surface area contributed by atoms with Crippen molar-refractivity contribution in [3.63, 3.8) is 0 Å². The highest BCUT2D eigenvalue weighted by molar-refractivity contribution is 5.75. The summed E-state index contributed by atoms with van der Waals surface area (Å²) in [6.07, 6.45) is 10.2. The second kappa shape index (κ2) is 7.72. The van der Waals surface area contributed by atoms with Gasteiger partial charge < -0.3 is 10.2 Å². The lowest BCUT2D eigenvalue weighted by molar-refractivity contribution is 0.164. The zero-order valence-corrected chi connectivity index (χ0v) is 15.4. The van der Waals surface area contributed by atoms with Crippen LogP contribution in [0.2, 0.25) is 0 Å². The van der Waals surface area contributed by atoms with Gasteiger partial charge in [0.15, 0.2) is 5.65 Å². The topological polar surface area (TPSA) is 100 Å². The van der Waals surface area contributed by atoms with E-state index in [1.165, 1.54) is 6.42 Å². The van der Waals surface area contributed by atoms with Crippen molar-refractivity contribution < 1.29 is 0 Å². The standard InChI is InChI=1S/C18H23N9/c1-25-13-16(10-21-25)23-18-20-8-15-9-22-27(17(15)24-18)12-14-4-2-6-26(11-14)7-3-5-19/h8-10,13-14H,2-4,6-7,11-12H2,1H3,(H,20,23,24). The zero-order chi connectivity index (χ0) is 18.6. The molecule has 1 saturated heterocycles. The van der Waals surface area contributed by atoms with Crippen molar-refractivity contribution in [1.82, 2.24) is 34.4 Å². The van der Waals surface area contributed by atoms with Crippen LogP contribution >= 0.6 is 0 Å². The van der Waals surface area contributed by atoms with Gasteiger partial charge in [0.05, 0.1) is 29.5 Å². The maximum absolute atomic E-state index is 8.81. The summed E-state index contributed by atoms with van der Waals surface area (Å²) in [5.41, 5.74) is 1.69. The number of piperidine rings is 1. The van der Waals surface area contributed by atoms with Crippen LogP contribution < -0.4 is 5.32 Å². The molecule has 0 bridgehead atoms. The van der Waals surface area contributed by atoms with E-state index in [0.29, 0.717) is 18.3 Å². The molecule has 9 nitrogen and oxygen atoms in total. The maximum Gasteiger partial charge on any atom is 0.229 e. The summed E-state index contributed by atoms with van der Waals surface area (Å²) in [6, 6.07) is 2.24. The van der Waals surface area contributed by atoms with E-state index in [1.54, 1.807) is 17.1 Å². The molecule has 1 aliphatic rings. The number of nitrogens with zero attached hydrogens (tertiary/aromatic N) is 8. The molecule has 0 aliphatic carbocycles. The van der Waals surface area contributed by atoms with Crippen LogP contribution in [0.25, 0.3) is 11.0 Å². The summed E-state index contributed by atoms with van der Waals surface area (Å²) in [5, 5.41) is 21.6. The molecule has 0 amide bonds. The number of likely N-dealkylation sites (tertiary alicyclic amines) is 1. The summed E-state index contributed by atoms with van der Waals surface area (Å²) in [4.78, 5) is 11.4. The quantitative estimate of drug-likeness (QED) is 0.712. The van der Waals surface area contributed by atoms with Gasteiger partial charge in [0.1, 0.15) is 0 Å². The lowest BCUT2D eigenvalue weighted by Gasteiger charge is -2.32. The Labute approximate surface area is 157 Å². The number of anilines is 2. The first kappa shape index (κ1) is 17.4. The average molecular weight is 365 g/mol. The predicted molar refractivity (Wildman–Crippen MR) is 101 cm³/mol. The van der Waals surface area contributed by atoms with Crippen LogP contribution in [-0.2, 0) is 13.6 Å². The molecule has 1 atom stereocenters. The molecule has 4 heterocycles. The van der Waals surface area contributed by atoms with Gasteiger partial charge in [-0.15, -0.1) is 0 Å². The van der Waals surface area contributed by atoms with Crippen molar-refractivity contribution in [1.29, 1.82) is 5.26 Å². The van der Waals surface area contributed by atoms with E-state index < -0.39 is 0 Å². The van der Waals surface area contributed by atoms with Crippen molar-refractivity contribution in [2.75, 3.05) is 25.0 Å². The van der Waals surface area contributed by atoms with Gasteiger partial charge in [0, 0.05) is 45.5 Å². The van der Waals surface area contributed by atoms with Gasteiger partial charge in [-0.1, -0.05) is 0 Å². The molecule has 0 spiro atoms. The lowest BCUT2D eigenvalue weighted by Crippen LogP contribution is -2.37. The molecule has 3 aromatic rings. The minimum atomic E-state index is 0.519. The Morgan fingerprint density at radius 1 is 1.30 bits per heavy atom. The molecular formula is C18H23N9. The van der Waals surface area contributed by atoms with Gasteiger partial charge in [-0.05, 0) is 25.3 Å². The third-order valence-electron chi connectivity index (χ3n) is 4.91. The molecule has 1 unspecified atom stereocenters. The minimum absolute atomic E-state index is 0.519. The van der Waals surface area contributed by atoms with E-state index in [9.17, 15) is 0 Å². The molecule has 0 aromatic carbocycles. The van der Waals surface area contributed by atoms with Crippen molar-refractivity contribution in [2.45, 2.75) is 25.8 Å². The van der Waals surface area contributed by atoms with E-state index in [-0.39, 0.29) is 0 Å². The molecule has 1 aliphatic heterocycles. The fraction of sp³-hybridized carbons (Fsp3) is 0.500. The number of fused-ring (bicyclic) bond motifs is 1. The van der Waals surface area contributed by atoms with Gasteiger partial charge in [0.2, 0.25) is 5.95 Å². The Bertz CT molecular complexity index is 951. The van der Waals surface area contributed by atoms with Crippen LogP contribution in [-0.4, -0.2) is 54.1 Å². The van der Waals surface area contributed by atoms with Crippen LogP contribution in [0.5, 0.6) is 0 Å². The van der Waals surface area contributed by atoms with Crippen molar-refractivity contribution in [2.24, 2.45) is 13.0 Å². The lowest BCUT2D eigenvalue weighted by atomic mass is 9.98. The highest BCUT2D eigenvalue weighted by Gasteiger charge is 2.21. The fourth-order valence-electron chi connectivity index (χ4n) is 3.63. The number of hydrogen-bond donors (Lipinski definition) is 1. The Morgan fingerprint density at radius 3 is 3.04 bits per heavy atom. The van der Waals surface area contributed by atoms with Crippen LogP contribution in [0.4, 0.5) is 11.6 Å². The van der Waals surface area contributed by atoms with E-state index in [0.717, 1.165) is 49.3 Å². The number of hydrogen-bond acceptors (Lipinski definition) is 7. The minimum Gasteiger partial charge on any atom is -0.321 e. The van der Waals surface area contributed by atoms with Crippen LogP contribution in [0, 0.1) is 17.2 Å². The SMILES string of the molecule is Cn1cc(Nc2ncc3cnn(CC4CCCN(CCC#N)C4)c3n2)cn1. The van der Waals surface area contributed by atoms with Gasteiger partial charge in [-0.2, -0.15) is 20.4 Å². The van der Waals surface area contributed by atoms with E-state index >= 15 is 0 Å². The molecule has 1 fully saturated rings. The Kier molecular flexibility index (Phi) is 4.98. The first-order chi connectivity index (χ1) is 13.2. The Balaban J connectivity index is 1.48. The monoisotopic (exact) mass is 365 g/mol. The third kappa shape index (κ3) is 4.06. The number of nitriles is 1. The summed E-state index contributed by atoms with van der Waals surface area (Å²) in [5.74, 6) is 1.06. The van der Waals surface area contributed by atoms with E-state index in [2.05, 4.69) is 36.5 Å². The number of aromatic nitrogens is 6. The highest BCUT2D eigenvalue weighted by Crippen LogP contribution is 2.21. The van der Waals surface area contributed by atoms with Crippen molar-refractivity contribution in [3.05, 3.63) is 24.8 Å². The zero-order valence-electron chi connectivity index (χ0n) is 15.4. The third-order valence-corrected chi connectivity index (χ3v) is 4.91. The molecule has 9 heteroatoms. The maximum atomic E-state index is 8.81. The normalized spacial score (nSPS) is 17.9. The summed E-state index contributed by atoms with van der Waals surface area (Å²) < 4.78 is 3.70. The van der Waals surface area contributed by atoms with E-state index in [4.69, 9.17) is 5.26 Å². The second-order valence-corrected chi connectivity index (χ2v) is 7.04. The van der Waals surface area contributed by atoms with E-state index in [1.807, 2.05) is 24.1 Å². The first-order valence-electron chi connectivity index (χ1n) is 9.25. The number of aryl methyl sites for hydroxylation is 1. The molecule has 0 radical (unpaired) electrons. The van der Waals surface area contributed by atoms with Crippen molar-refractivity contribution >= 4 is 22.7 Å². The first-order valence-corrected chi connectivity index (χ1v) is 9.25. The Morgan fingerprint density at radius 2 is 2.22 bits per heavy atom. The number of nitrogens with one attached hydrogen (secondary N) is 1. The molecule has 140 valence electrons. The Hall–Kier alpha value is -2.99.